The van der Waals surface area contributed by atoms with Gasteiger partial charge in [0.05, 0.1) is 25.8 Å². The Labute approximate surface area is 270 Å². The number of amides is 6. The van der Waals surface area contributed by atoms with Gasteiger partial charge in [0.1, 0.15) is 24.2 Å². The Kier molecular flexibility index (Phi) is 13.4. The van der Waals surface area contributed by atoms with Gasteiger partial charge in [-0.05, 0) is 24.1 Å². The number of aromatic nitrogens is 1. The molecule has 16 nitrogen and oxygen atoms in total. The predicted molar refractivity (Wildman–Crippen MR) is 170 cm³/mol. The maximum atomic E-state index is 13.2. The molecule has 0 bridgehead atoms. The lowest BCUT2D eigenvalue weighted by atomic mass is 10.0. The van der Waals surface area contributed by atoms with Gasteiger partial charge in [-0.1, -0.05) is 48.5 Å². The van der Waals surface area contributed by atoms with Crippen LogP contribution in [0.15, 0.2) is 60.8 Å². The molecule has 16 heteroatoms. The van der Waals surface area contributed by atoms with Crippen LogP contribution < -0.4 is 38.1 Å². The SMILES string of the molecule is C[C@H](N)C(=O)N[C@H](Cc1ccccc1)C(=O)N[C@H](CO)C(=O)N[C@H](CO)C(=O)N[C@H](Cc1c[nH]c2ccccc12)C(=O)NCC(N)=O. The zero-order valence-corrected chi connectivity index (χ0v) is 25.7. The normalized spacial score (nSPS) is 14.1. The average molecular weight is 653 g/mol. The molecule has 0 aliphatic rings. The van der Waals surface area contributed by atoms with E-state index in [1.54, 1.807) is 42.6 Å². The number of benzene rings is 2. The number of aromatic amines is 1. The maximum absolute atomic E-state index is 13.2. The van der Waals surface area contributed by atoms with Crippen molar-refractivity contribution < 1.29 is 39.0 Å². The number of hydrogen-bond acceptors (Lipinski definition) is 9. The minimum Gasteiger partial charge on any atom is -0.394 e. The summed E-state index contributed by atoms with van der Waals surface area (Å²) < 4.78 is 0. The second-order valence-electron chi connectivity index (χ2n) is 10.8. The van der Waals surface area contributed by atoms with Crippen LogP contribution in [0.3, 0.4) is 0 Å². The highest BCUT2D eigenvalue weighted by Gasteiger charge is 2.31. The van der Waals surface area contributed by atoms with Crippen molar-refractivity contribution in [3.8, 4) is 0 Å². The van der Waals surface area contributed by atoms with Gasteiger partial charge in [0.25, 0.3) is 0 Å². The lowest BCUT2D eigenvalue weighted by molar-refractivity contribution is -0.136. The van der Waals surface area contributed by atoms with Gasteiger partial charge in [-0.15, -0.1) is 0 Å². The summed E-state index contributed by atoms with van der Waals surface area (Å²) in [6.07, 6.45) is 1.67. The minimum atomic E-state index is -1.61. The molecule has 0 aliphatic heterocycles. The molecule has 0 saturated carbocycles. The van der Waals surface area contributed by atoms with Crippen molar-refractivity contribution in [1.29, 1.82) is 0 Å². The van der Waals surface area contributed by atoms with E-state index in [0.717, 1.165) is 10.9 Å². The monoisotopic (exact) mass is 652 g/mol. The highest BCUT2D eigenvalue weighted by Crippen LogP contribution is 2.19. The number of carbonyl (C=O) groups excluding carboxylic acids is 6. The summed E-state index contributed by atoms with van der Waals surface area (Å²) in [4.78, 5) is 79.0. The van der Waals surface area contributed by atoms with Crippen LogP contribution in [0.5, 0.6) is 0 Å². The number of rotatable bonds is 17. The highest BCUT2D eigenvalue weighted by molar-refractivity contribution is 5.96. The van der Waals surface area contributed by atoms with Crippen LogP contribution in [-0.2, 0) is 41.6 Å². The molecular weight excluding hydrogens is 612 g/mol. The van der Waals surface area contributed by atoms with Crippen LogP contribution in [0.4, 0.5) is 0 Å². The first-order valence-corrected chi connectivity index (χ1v) is 14.8. The van der Waals surface area contributed by atoms with Crippen molar-refractivity contribution in [3.63, 3.8) is 0 Å². The standard InChI is InChI=1S/C31H40N8O8/c1-17(32)27(43)36-22(11-18-7-3-2-4-8-18)29(45)38-25(16-41)31(47)39-24(15-40)30(46)37-23(28(44)35-14-26(33)42)12-19-13-34-21-10-6-5-9-20(19)21/h2-10,13,17,22-25,34,40-41H,11-12,14-16,32H2,1H3,(H2,33,42)(H,35,44)(H,36,43)(H,37,46)(H,38,45)(H,39,47)/t17-,22+,23+,24+,25+/m0/s1. The van der Waals surface area contributed by atoms with Gasteiger partial charge in [-0.3, -0.25) is 28.8 Å². The fourth-order valence-electron chi connectivity index (χ4n) is 4.59. The molecule has 5 atom stereocenters. The van der Waals surface area contributed by atoms with E-state index in [0.29, 0.717) is 11.1 Å². The van der Waals surface area contributed by atoms with E-state index in [4.69, 9.17) is 11.5 Å². The third-order valence-electron chi connectivity index (χ3n) is 7.13. The molecule has 0 unspecified atom stereocenters. The number of aliphatic hydroxyl groups is 2. The first-order chi connectivity index (χ1) is 22.4. The number of para-hydroxylation sites is 1. The van der Waals surface area contributed by atoms with Gasteiger partial charge in [0, 0.05) is 29.9 Å². The summed E-state index contributed by atoms with van der Waals surface area (Å²) in [5.41, 5.74) is 12.9. The van der Waals surface area contributed by atoms with E-state index < -0.39 is 85.4 Å². The number of nitrogens with one attached hydrogen (secondary N) is 6. The van der Waals surface area contributed by atoms with Gasteiger partial charge in [0.15, 0.2) is 0 Å². The molecular formula is C31H40N8O8. The lowest BCUT2D eigenvalue weighted by Gasteiger charge is -2.25. The number of fused-ring (bicyclic) bond motifs is 1. The summed E-state index contributed by atoms with van der Waals surface area (Å²) >= 11 is 0. The molecule has 1 aromatic heterocycles. The van der Waals surface area contributed by atoms with E-state index in [1.807, 2.05) is 18.2 Å². The van der Waals surface area contributed by atoms with Crippen LogP contribution in [-0.4, -0.2) is 101 Å². The Morgan fingerprint density at radius 2 is 1.21 bits per heavy atom. The lowest BCUT2D eigenvalue weighted by Crippen LogP contribution is -2.60. The number of aliphatic hydroxyl groups excluding tert-OH is 2. The second-order valence-corrected chi connectivity index (χ2v) is 10.8. The quantitative estimate of drug-likeness (QED) is 0.0703. The van der Waals surface area contributed by atoms with Crippen LogP contribution in [0.25, 0.3) is 10.9 Å². The summed E-state index contributed by atoms with van der Waals surface area (Å²) in [6, 6.07) is 9.43. The van der Waals surface area contributed by atoms with Crippen LogP contribution in [0.2, 0.25) is 0 Å². The average Bonchev–Trinajstić information content (AvgIpc) is 3.46. The van der Waals surface area contributed by atoms with E-state index in [2.05, 4.69) is 31.6 Å². The molecule has 12 N–H and O–H groups in total. The van der Waals surface area contributed by atoms with Crippen molar-refractivity contribution in [2.24, 2.45) is 11.5 Å². The third-order valence-corrected chi connectivity index (χ3v) is 7.13. The molecule has 6 amide bonds. The molecule has 1 heterocycles. The topological polar surface area (TPSA) is 271 Å². The molecule has 0 radical (unpaired) electrons. The fourth-order valence-corrected chi connectivity index (χ4v) is 4.59. The Morgan fingerprint density at radius 3 is 1.79 bits per heavy atom. The van der Waals surface area contributed by atoms with Crippen molar-refractivity contribution in [1.82, 2.24) is 31.6 Å². The van der Waals surface area contributed by atoms with Crippen LogP contribution in [0, 0.1) is 0 Å². The highest BCUT2D eigenvalue weighted by atomic mass is 16.3. The maximum Gasteiger partial charge on any atom is 0.245 e. The van der Waals surface area contributed by atoms with Crippen LogP contribution >= 0.6 is 0 Å². The van der Waals surface area contributed by atoms with Gasteiger partial charge in [-0.2, -0.15) is 0 Å². The van der Waals surface area contributed by atoms with Gasteiger partial charge in [0.2, 0.25) is 35.4 Å². The van der Waals surface area contributed by atoms with Crippen molar-refractivity contribution in [2.45, 2.75) is 50.0 Å². The molecule has 2 aromatic carbocycles. The van der Waals surface area contributed by atoms with E-state index >= 15 is 0 Å². The molecule has 0 fully saturated rings. The zero-order chi connectivity index (χ0) is 34.5. The summed E-state index contributed by atoms with van der Waals surface area (Å²) in [6.45, 7) is -0.862. The number of H-pyrrole nitrogens is 1. The summed E-state index contributed by atoms with van der Waals surface area (Å²) in [5.74, 6) is -4.98. The van der Waals surface area contributed by atoms with E-state index in [1.165, 1.54) is 6.92 Å². The second kappa shape index (κ2) is 17.4. The van der Waals surface area contributed by atoms with Crippen molar-refractivity contribution in [2.75, 3.05) is 19.8 Å². The number of hydrogen-bond donors (Lipinski definition) is 10. The molecule has 252 valence electrons. The Bertz CT molecular complexity index is 1560. The van der Waals surface area contributed by atoms with Crippen molar-refractivity contribution in [3.05, 3.63) is 71.9 Å². The molecule has 47 heavy (non-hydrogen) atoms. The molecule has 3 aromatic rings. The predicted octanol–water partition coefficient (Wildman–Crippen LogP) is -3.17. The summed E-state index contributed by atoms with van der Waals surface area (Å²) in [7, 11) is 0. The molecule has 0 aliphatic carbocycles. The summed E-state index contributed by atoms with van der Waals surface area (Å²) in [5, 5.41) is 32.6. The molecule has 0 spiro atoms. The first kappa shape index (κ1) is 36.2. The van der Waals surface area contributed by atoms with Gasteiger partial charge >= 0.3 is 0 Å². The van der Waals surface area contributed by atoms with Gasteiger partial charge in [-0.25, -0.2) is 0 Å². The van der Waals surface area contributed by atoms with E-state index in [-0.39, 0.29) is 12.8 Å². The van der Waals surface area contributed by atoms with Crippen molar-refractivity contribution >= 4 is 46.3 Å². The zero-order valence-electron chi connectivity index (χ0n) is 25.7. The number of carbonyl (C=O) groups is 6. The third kappa shape index (κ3) is 10.6. The fraction of sp³-hybridized carbons (Fsp3) is 0.355. The number of nitrogens with two attached hydrogens (primary N) is 2. The van der Waals surface area contributed by atoms with Gasteiger partial charge < -0.3 is 53.2 Å². The Balaban J connectivity index is 1.72. The smallest absolute Gasteiger partial charge is 0.245 e. The number of primary amides is 1. The van der Waals surface area contributed by atoms with Crippen LogP contribution in [0.1, 0.15) is 18.1 Å². The molecule has 3 rings (SSSR count). The van der Waals surface area contributed by atoms with E-state index in [9.17, 15) is 39.0 Å². The molecule has 0 saturated heterocycles. The largest absolute Gasteiger partial charge is 0.394 e. The Morgan fingerprint density at radius 1 is 0.702 bits per heavy atom. The minimum absolute atomic E-state index is 0.0301. The Hall–Kier alpha value is -5.32. The first-order valence-electron chi connectivity index (χ1n) is 14.8.